The molecule has 0 amide bonds. The van der Waals surface area contributed by atoms with Crippen LogP contribution in [0.1, 0.15) is 24.3 Å². The summed E-state index contributed by atoms with van der Waals surface area (Å²) in [6.07, 6.45) is 2.41. The number of aromatic nitrogens is 2. The molecule has 1 aromatic heterocycles. The standard InChI is InChI=1S/C20H19FN2O4S/c1-28(24,25)17-4-2-3-14(13-17)18-22-23-19(27-18)20(9-11-26-12-10-20)15-5-7-16(21)8-6-15/h2-8,13H,9-12H2,1H3. The van der Waals surface area contributed by atoms with Crippen molar-refractivity contribution in [2.24, 2.45) is 0 Å². The first-order valence-corrected chi connectivity index (χ1v) is 10.8. The van der Waals surface area contributed by atoms with Crippen molar-refractivity contribution in [3.63, 3.8) is 0 Å². The minimum atomic E-state index is -3.35. The monoisotopic (exact) mass is 402 g/mol. The summed E-state index contributed by atoms with van der Waals surface area (Å²) in [7, 11) is -3.35. The first-order valence-electron chi connectivity index (χ1n) is 8.87. The fraction of sp³-hybridized carbons (Fsp3) is 0.300. The van der Waals surface area contributed by atoms with Gasteiger partial charge in [0.15, 0.2) is 9.84 Å². The first kappa shape index (κ1) is 18.8. The maximum Gasteiger partial charge on any atom is 0.247 e. The molecule has 8 heteroatoms. The zero-order valence-electron chi connectivity index (χ0n) is 15.3. The highest BCUT2D eigenvalue weighted by Gasteiger charge is 2.41. The molecule has 146 valence electrons. The van der Waals surface area contributed by atoms with Gasteiger partial charge in [0.1, 0.15) is 5.82 Å². The van der Waals surface area contributed by atoms with Gasteiger partial charge in [0, 0.05) is 25.0 Å². The summed E-state index contributed by atoms with van der Waals surface area (Å²) >= 11 is 0. The van der Waals surface area contributed by atoms with Gasteiger partial charge in [0.05, 0.1) is 10.3 Å². The van der Waals surface area contributed by atoms with E-state index in [4.69, 9.17) is 9.15 Å². The third kappa shape index (κ3) is 3.45. The number of hydrogen-bond acceptors (Lipinski definition) is 6. The topological polar surface area (TPSA) is 82.3 Å². The predicted octanol–water partition coefficient (Wildman–Crippen LogP) is 3.38. The molecule has 1 saturated heterocycles. The molecule has 4 rings (SSSR count). The van der Waals surface area contributed by atoms with Crippen LogP contribution in [0, 0.1) is 5.82 Å². The van der Waals surface area contributed by atoms with Crippen molar-refractivity contribution < 1.29 is 22.0 Å². The minimum Gasteiger partial charge on any atom is -0.420 e. The number of rotatable bonds is 4. The van der Waals surface area contributed by atoms with Gasteiger partial charge in [0.2, 0.25) is 11.8 Å². The fourth-order valence-electron chi connectivity index (χ4n) is 3.51. The predicted molar refractivity (Wildman–Crippen MR) is 100 cm³/mol. The van der Waals surface area contributed by atoms with E-state index in [1.54, 1.807) is 24.3 Å². The summed E-state index contributed by atoms with van der Waals surface area (Å²) in [5, 5.41) is 8.41. The van der Waals surface area contributed by atoms with E-state index >= 15 is 0 Å². The van der Waals surface area contributed by atoms with Gasteiger partial charge in [-0.05, 0) is 48.7 Å². The Morgan fingerprint density at radius 3 is 2.43 bits per heavy atom. The number of nitrogens with zero attached hydrogens (tertiary/aromatic N) is 2. The van der Waals surface area contributed by atoms with Crippen molar-refractivity contribution >= 4 is 9.84 Å². The van der Waals surface area contributed by atoms with Gasteiger partial charge in [-0.3, -0.25) is 0 Å². The number of halogens is 1. The average molecular weight is 402 g/mol. The van der Waals surface area contributed by atoms with Crippen LogP contribution < -0.4 is 0 Å². The second-order valence-electron chi connectivity index (χ2n) is 6.91. The molecule has 28 heavy (non-hydrogen) atoms. The summed E-state index contributed by atoms with van der Waals surface area (Å²) in [6.45, 7) is 1.05. The maximum absolute atomic E-state index is 13.4. The van der Waals surface area contributed by atoms with Crippen LogP contribution in [0.4, 0.5) is 4.39 Å². The molecule has 6 nitrogen and oxygen atoms in total. The molecule has 0 spiro atoms. The van der Waals surface area contributed by atoms with Crippen molar-refractivity contribution in [3.05, 3.63) is 65.8 Å². The third-order valence-corrected chi connectivity index (χ3v) is 6.20. The third-order valence-electron chi connectivity index (χ3n) is 5.09. The van der Waals surface area contributed by atoms with Crippen LogP contribution in [0.2, 0.25) is 0 Å². The van der Waals surface area contributed by atoms with Gasteiger partial charge in [0.25, 0.3) is 0 Å². The van der Waals surface area contributed by atoms with Crippen LogP contribution in [0.15, 0.2) is 57.8 Å². The maximum atomic E-state index is 13.4. The average Bonchev–Trinajstić information content (AvgIpc) is 3.19. The Morgan fingerprint density at radius 1 is 1.04 bits per heavy atom. The Hall–Kier alpha value is -2.58. The Kier molecular flexibility index (Phi) is 4.76. The van der Waals surface area contributed by atoms with Crippen molar-refractivity contribution in [2.75, 3.05) is 19.5 Å². The van der Waals surface area contributed by atoms with Crippen LogP contribution in [-0.2, 0) is 20.0 Å². The van der Waals surface area contributed by atoms with Crippen LogP contribution in [-0.4, -0.2) is 38.1 Å². The van der Waals surface area contributed by atoms with Gasteiger partial charge in [-0.15, -0.1) is 10.2 Å². The molecule has 0 saturated carbocycles. The largest absolute Gasteiger partial charge is 0.420 e. The van der Waals surface area contributed by atoms with E-state index in [0.29, 0.717) is 37.5 Å². The van der Waals surface area contributed by atoms with Gasteiger partial charge >= 0.3 is 0 Å². The Bertz CT molecular complexity index is 1090. The van der Waals surface area contributed by atoms with E-state index in [2.05, 4.69) is 10.2 Å². The minimum absolute atomic E-state index is 0.184. The first-order chi connectivity index (χ1) is 13.4. The zero-order chi connectivity index (χ0) is 19.8. The fourth-order valence-corrected chi connectivity index (χ4v) is 4.17. The van der Waals surface area contributed by atoms with E-state index in [1.807, 2.05) is 0 Å². The summed E-state index contributed by atoms with van der Waals surface area (Å²) in [4.78, 5) is 0.184. The van der Waals surface area contributed by atoms with E-state index in [1.165, 1.54) is 24.3 Å². The number of sulfone groups is 1. The van der Waals surface area contributed by atoms with Gasteiger partial charge in [-0.2, -0.15) is 0 Å². The molecule has 0 unspecified atom stereocenters. The van der Waals surface area contributed by atoms with Crippen LogP contribution in [0.5, 0.6) is 0 Å². The Labute approximate surface area is 162 Å². The number of ether oxygens (including phenoxy) is 1. The lowest BCUT2D eigenvalue weighted by Crippen LogP contribution is -2.35. The van der Waals surface area contributed by atoms with E-state index in [9.17, 15) is 12.8 Å². The molecule has 2 heterocycles. The summed E-state index contributed by atoms with van der Waals surface area (Å²) < 4.78 is 48.6. The molecule has 1 fully saturated rings. The SMILES string of the molecule is CS(=O)(=O)c1cccc(-c2nnc(C3(c4ccc(F)cc4)CCOCC3)o2)c1. The molecule has 0 radical (unpaired) electrons. The van der Waals surface area contributed by atoms with Crippen molar-refractivity contribution in [3.8, 4) is 11.5 Å². The van der Waals surface area contributed by atoms with Gasteiger partial charge in [-0.25, -0.2) is 12.8 Å². The smallest absolute Gasteiger partial charge is 0.247 e. The highest BCUT2D eigenvalue weighted by molar-refractivity contribution is 7.90. The van der Waals surface area contributed by atoms with Gasteiger partial charge in [-0.1, -0.05) is 18.2 Å². The van der Waals surface area contributed by atoms with Crippen molar-refractivity contribution in [1.82, 2.24) is 10.2 Å². The quantitative estimate of drug-likeness (QED) is 0.665. The molecule has 0 N–H and O–H groups in total. The lowest BCUT2D eigenvalue weighted by Gasteiger charge is -2.34. The second-order valence-corrected chi connectivity index (χ2v) is 8.93. The normalized spacial score (nSPS) is 16.8. The van der Waals surface area contributed by atoms with Crippen molar-refractivity contribution in [1.29, 1.82) is 0 Å². The molecule has 0 bridgehead atoms. The number of benzene rings is 2. The Morgan fingerprint density at radius 2 is 1.75 bits per heavy atom. The number of hydrogen-bond donors (Lipinski definition) is 0. The van der Waals surface area contributed by atoms with Crippen LogP contribution >= 0.6 is 0 Å². The summed E-state index contributed by atoms with van der Waals surface area (Å²) in [6, 6.07) is 12.7. The molecule has 0 atom stereocenters. The molecule has 1 aliphatic rings. The molecular weight excluding hydrogens is 383 g/mol. The van der Waals surface area contributed by atoms with E-state index in [-0.39, 0.29) is 16.6 Å². The second kappa shape index (κ2) is 7.10. The molecule has 1 aliphatic heterocycles. The zero-order valence-corrected chi connectivity index (χ0v) is 16.1. The lowest BCUT2D eigenvalue weighted by molar-refractivity contribution is 0.0546. The highest BCUT2D eigenvalue weighted by Crippen LogP contribution is 2.41. The lowest BCUT2D eigenvalue weighted by atomic mass is 9.74. The van der Waals surface area contributed by atoms with Gasteiger partial charge < -0.3 is 9.15 Å². The van der Waals surface area contributed by atoms with Crippen LogP contribution in [0.3, 0.4) is 0 Å². The van der Waals surface area contributed by atoms with E-state index < -0.39 is 15.3 Å². The molecule has 3 aromatic rings. The summed E-state index contributed by atoms with van der Waals surface area (Å²) in [5.41, 5.74) is 0.853. The van der Waals surface area contributed by atoms with E-state index in [0.717, 1.165) is 11.8 Å². The highest BCUT2D eigenvalue weighted by atomic mass is 32.2. The molecular formula is C20H19FN2O4S. The molecule has 2 aromatic carbocycles. The Balaban J connectivity index is 1.77. The van der Waals surface area contributed by atoms with Crippen LogP contribution in [0.25, 0.3) is 11.5 Å². The molecule has 0 aliphatic carbocycles. The summed E-state index contributed by atoms with van der Waals surface area (Å²) in [5.74, 6) is 0.352. The van der Waals surface area contributed by atoms with Crippen molar-refractivity contribution in [2.45, 2.75) is 23.2 Å².